The van der Waals surface area contributed by atoms with Gasteiger partial charge in [-0.25, -0.2) is 9.97 Å². The van der Waals surface area contributed by atoms with Crippen molar-refractivity contribution in [3.05, 3.63) is 88.7 Å². The van der Waals surface area contributed by atoms with Crippen LogP contribution in [0, 0.1) is 0 Å². The van der Waals surface area contributed by atoms with Gasteiger partial charge >= 0.3 is 0 Å². The Morgan fingerprint density at radius 3 is 2.43 bits per heavy atom. The standard InChI is InChI=1S/C37H49ClN8O5/c38-33-35(40)44-34(39)32(43-33)36(50)45-37(41)42-19-4-3-7-25-13-17-30(18-14-25)51-22-21-46(23-28(48)15-16-29(49)24-47)20-6-11-27-10-5-9-26-8-1-2-12-31(26)27/h1-2,5,8-10,12-14,17-18,28-29,47-49H,3-4,6-7,11,15-16,19-24H2,(H4,39,40,44)(H3,41,42,45,50)/t28-,29+/m1/s1. The lowest BCUT2D eigenvalue weighted by atomic mass is 10.0. The highest BCUT2D eigenvalue weighted by atomic mass is 35.5. The summed E-state index contributed by atoms with van der Waals surface area (Å²) in [5.41, 5.74) is 19.4. The van der Waals surface area contributed by atoms with Crippen molar-refractivity contribution in [3.8, 4) is 5.75 Å². The van der Waals surface area contributed by atoms with Crippen LogP contribution in [-0.4, -0.2) is 93.7 Å². The SMILES string of the molecule is NC(=NCCCCc1ccc(OCCN(CCCc2cccc3ccccc23)C[C@H](O)CC[C@H](O)CO)cc1)NC(=O)c1nc(Cl)c(N)nc1N. The van der Waals surface area contributed by atoms with Gasteiger partial charge in [0.05, 0.1) is 18.8 Å². The average molecular weight is 721 g/mol. The summed E-state index contributed by atoms with van der Waals surface area (Å²) in [4.78, 5) is 26.4. The Morgan fingerprint density at radius 1 is 0.902 bits per heavy atom. The molecule has 0 aliphatic carbocycles. The van der Waals surface area contributed by atoms with Gasteiger partial charge in [-0.2, -0.15) is 0 Å². The normalized spacial score (nSPS) is 13.0. The highest BCUT2D eigenvalue weighted by molar-refractivity contribution is 6.31. The predicted octanol–water partition coefficient (Wildman–Crippen LogP) is 3.32. The van der Waals surface area contributed by atoms with Crippen molar-refractivity contribution < 1.29 is 24.9 Å². The summed E-state index contributed by atoms with van der Waals surface area (Å²) in [6, 6.07) is 22.8. The first-order chi connectivity index (χ1) is 24.6. The van der Waals surface area contributed by atoms with E-state index in [9.17, 15) is 15.0 Å². The van der Waals surface area contributed by atoms with Crippen molar-refractivity contribution in [1.29, 1.82) is 0 Å². The van der Waals surface area contributed by atoms with Crippen molar-refractivity contribution in [2.75, 3.05) is 50.9 Å². The van der Waals surface area contributed by atoms with E-state index in [1.807, 2.05) is 30.3 Å². The van der Waals surface area contributed by atoms with E-state index >= 15 is 0 Å². The Balaban J connectivity index is 1.19. The van der Waals surface area contributed by atoms with Gasteiger partial charge in [-0.1, -0.05) is 66.2 Å². The highest BCUT2D eigenvalue weighted by Crippen LogP contribution is 2.21. The molecule has 0 aliphatic rings. The summed E-state index contributed by atoms with van der Waals surface area (Å²) < 4.78 is 6.07. The number of hydrogen-bond donors (Lipinski definition) is 7. The summed E-state index contributed by atoms with van der Waals surface area (Å²) in [5, 5.41) is 34.3. The lowest BCUT2D eigenvalue weighted by Gasteiger charge is -2.25. The molecule has 13 nitrogen and oxygen atoms in total. The maximum absolute atomic E-state index is 12.4. The number of nitrogens with zero attached hydrogens (tertiary/aromatic N) is 4. The topological polar surface area (TPSA) is 218 Å². The highest BCUT2D eigenvalue weighted by Gasteiger charge is 2.17. The number of amides is 1. The quantitative estimate of drug-likeness (QED) is 0.0399. The van der Waals surface area contributed by atoms with Crippen LogP contribution in [0.5, 0.6) is 5.75 Å². The second kappa shape index (κ2) is 20.4. The van der Waals surface area contributed by atoms with Crippen LogP contribution in [-0.2, 0) is 12.8 Å². The van der Waals surface area contributed by atoms with Crippen LogP contribution in [0.25, 0.3) is 10.8 Å². The number of aliphatic hydroxyl groups is 3. The molecule has 0 aliphatic heterocycles. The molecular formula is C37H49ClN8O5. The Hall–Kier alpha value is -4.53. The largest absolute Gasteiger partial charge is 0.492 e. The fraction of sp³-hybridized carbons (Fsp3) is 0.405. The Morgan fingerprint density at radius 2 is 1.65 bits per heavy atom. The molecule has 0 saturated heterocycles. The molecule has 0 radical (unpaired) electrons. The molecule has 1 amide bonds. The molecule has 4 rings (SSSR count). The molecule has 4 aromatic rings. The third-order valence-corrected chi connectivity index (χ3v) is 8.71. The summed E-state index contributed by atoms with van der Waals surface area (Å²) in [7, 11) is 0. The van der Waals surface area contributed by atoms with Gasteiger partial charge in [-0.3, -0.25) is 20.0 Å². The van der Waals surface area contributed by atoms with E-state index in [0.717, 1.165) is 50.0 Å². The van der Waals surface area contributed by atoms with Gasteiger partial charge < -0.3 is 37.3 Å². The second-order valence-corrected chi connectivity index (χ2v) is 12.8. The number of aliphatic imine (C=N–C) groups is 1. The monoisotopic (exact) mass is 720 g/mol. The van der Waals surface area contributed by atoms with E-state index in [1.165, 1.54) is 16.3 Å². The lowest BCUT2D eigenvalue weighted by molar-refractivity contribution is 0.0540. The first-order valence-corrected chi connectivity index (χ1v) is 17.6. The number of carbonyl (C=O) groups excluding carboxylic acids is 1. The van der Waals surface area contributed by atoms with Gasteiger partial charge in [-0.05, 0) is 85.5 Å². The number of nitrogens with one attached hydrogen (secondary N) is 1. The number of benzene rings is 3. The van der Waals surface area contributed by atoms with Crippen molar-refractivity contribution >= 4 is 45.9 Å². The average Bonchev–Trinajstić information content (AvgIpc) is 3.12. The number of guanidine groups is 1. The first kappa shape index (κ1) is 39.3. The van der Waals surface area contributed by atoms with E-state index in [1.54, 1.807) is 0 Å². The minimum absolute atomic E-state index is 0.0611. The number of ether oxygens (including phenoxy) is 1. The Labute approximate surface area is 303 Å². The molecular weight excluding hydrogens is 672 g/mol. The van der Waals surface area contributed by atoms with Gasteiger partial charge in [0, 0.05) is 19.6 Å². The molecule has 2 atom stereocenters. The van der Waals surface area contributed by atoms with Crippen LogP contribution in [0.1, 0.15) is 53.7 Å². The fourth-order valence-electron chi connectivity index (χ4n) is 5.67. The Kier molecular flexibility index (Phi) is 15.7. The number of unbranched alkanes of at least 4 members (excludes halogenated alkanes) is 1. The van der Waals surface area contributed by atoms with Gasteiger partial charge in [-0.15, -0.1) is 0 Å². The minimum Gasteiger partial charge on any atom is -0.492 e. The molecule has 0 bridgehead atoms. The maximum atomic E-state index is 12.4. The number of nitrogen functional groups attached to an aromatic ring is 2. The third kappa shape index (κ3) is 12.9. The van der Waals surface area contributed by atoms with Gasteiger partial charge in [0.2, 0.25) is 0 Å². The predicted molar refractivity (Wildman–Crippen MR) is 202 cm³/mol. The van der Waals surface area contributed by atoms with Crippen molar-refractivity contribution in [2.45, 2.75) is 57.2 Å². The maximum Gasteiger partial charge on any atom is 0.280 e. The van der Waals surface area contributed by atoms with E-state index < -0.39 is 18.1 Å². The number of rotatable bonds is 20. The van der Waals surface area contributed by atoms with E-state index in [4.69, 9.17) is 38.6 Å². The van der Waals surface area contributed by atoms with Gasteiger partial charge in [0.15, 0.2) is 28.4 Å². The van der Waals surface area contributed by atoms with Crippen LogP contribution in [0.4, 0.5) is 11.6 Å². The van der Waals surface area contributed by atoms with Crippen molar-refractivity contribution in [3.63, 3.8) is 0 Å². The number of nitrogens with two attached hydrogens (primary N) is 3. The van der Waals surface area contributed by atoms with Crippen LogP contribution in [0.15, 0.2) is 71.7 Å². The summed E-state index contributed by atoms with van der Waals surface area (Å²) in [6.07, 6.45) is 3.61. The first-order valence-electron chi connectivity index (χ1n) is 17.2. The van der Waals surface area contributed by atoms with Crippen LogP contribution in [0.2, 0.25) is 5.15 Å². The summed E-state index contributed by atoms with van der Waals surface area (Å²) in [6.45, 7) is 2.45. The van der Waals surface area contributed by atoms with Gasteiger partial charge in [0.25, 0.3) is 5.91 Å². The molecule has 0 spiro atoms. The van der Waals surface area contributed by atoms with Gasteiger partial charge in [0.1, 0.15) is 12.4 Å². The smallest absolute Gasteiger partial charge is 0.280 e. The van der Waals surface area contributed by atoms with E-state index in [-0.39, 0.29) is 35.0 Å². The van der Waals surface area contributed by atoms with Crippen molar-refractivity contribution in [2.24, 2.45) is 10.7 Å². The zero-order chi connectivity index (χ0) is 36.6. The second-order valence-electron chi connectivity index (χ2n) is 12.4. The number of aromatic nitrogens is 2. The molecule has 51 heavy (non-hydrogen) atoms. The number of fused-ring (bicyclic) bond motifs is 1. The molecule has 0 saturated carbocycles. The number of anilines is 2. The van der Waals surface area contributed by atoms with Crippen LogP contribution < -0.4 is 27.3 Å². The van der Waals surface area contributed by atoms with E-state index in [0.29, 0.717) is 39.1 Å². The molecule has 14 heteroatoms. The summed E-state index contributed by atoms with van der Waals surface area (Å²) in [5.74, 6) is -0.204. The zero-order valence-corrected chi connectivity index (χ0v) is 29.5. The number of aliphatic hydroxyl groups excluding tert-OH is 3. The number of aryl methyl sites for hydroxylation is 2. The number of hydrogen-bond acceptors (Lipinski definition) is 11. The minimum atomic E-state index is -0.823. The molecule has 0 fully saturated rings. The number of halogens is 1. The Bertz CT molecular complexity index is 1720. The fourth-order valence-corrected chi connectivity index (χ4v) is 5.80. The molecule has 1 aromatic heterocycles. The zero-order valence-electron chi connectivity index (χ0n) is 28.8. The molecule has 3 aromatic carbocycles. The molecule has 274 valence electrons. The van der Waals surface area contributed by atoms with Crippen LogP contribution >= 0.6 is 11.6 Å². The molecule has 1 heterocycles. The van der Waals surface area contributed by atoms with E-state index in [2.05, 4.69) is 61.6 Å². The van der Waals surface area contributed by atoms with Crippen molar-refractivity contribution in [1.82, 2.24) is 20.2 Å². The lowest BCUT2D eigenvalue weighted by Crippen LogP contribution is -2.38. The van der Waals surface area contributed by atoms with Crippen LogP contribution in [0.3, 0.4) is 0 Å². The number of carbonyl (C=O) groups is 1. The third-order valence-electron chi connectivity index (χ3n) is 8.43. The summed E-state index contributed by atoms with van der Waals surface area (Å²) >= 11 is 5.83. The molecule has 10 N–H and O–H groups in total. The molecule has 0 unspecified atom stereocenters.